The Labute approximate surface area is 219 Å². The molecule has 0 unspecified atom stereocenters. The number of hydrogen-bond donors (Lipinski definition) is 2. The normalized spacial score (nSPS) is 16.3. The molecule has 0 aliphatic carbocycles. The first-order valence-corrected chi connectivity index (χ1v) is 14.8. The van der Waals surface area contributed by atoms with Gasteiger partial charge in [-0.05, 0) is 23.6 Å². The fraction of sp³-hybridized carbons (Fsp3) is 0.429. The molecule has 1 fully saturated rings. The van der Waals surface area contributed by atoms with Crippen LogP contribution in [0.1, 0.15) is 11.1 Å². The molecule has 1 aliphatic rings. The topological polar surface area (TPSA) is 107 Å². The van der Waals surface area contributed by atoms with Gasteiger partial charge in [-0.3, -0.25) is 0 Å². The molecule has 0 amide bonds. The van der Waals surface area contributed by atoms with Gasteiger partial charge < -0.3 is 10.0 Å². The summed E-state index contributed by atoms with van der Waals surface area (Å²) in [5.41, 5.74) is -6.98. The number of nitrogens with zero attached hydrogens (tertiary/aromatic N) is 2. The molecule has 0 atom stereocenters. The Kier molecular flexibility index (Phi) is 8.47. The molecule has 8 nitrogen and oxygen atoms in total. The third-order valence-corrected chi connectivity index (χ3v) is 9.49. The Hall–Kier alpha value is -2.36. The quantitative estimate of drug-likeness (QED) is 0.387. The number of benzene rings is 1. The summed E-state index contributed by atoms with van der Waals surface area (Å²) in [6.45, 7) is -0.483. The van der Waals surface area contributed by atoms with Gasteiger partial charge in [0.05, 0.1) is 18.5 Å². The van der Waals surface area contributed by atoms with Gasteiger partial charge in [0.2, 0.25) is 10.0 Å². The van der Waals surface area contributed by atoms with Gasteiger partial charge >= 0.3 is 12.4 Å². The summed E-state index contributed by atoms with van der Waals surface area (Å²) in [6, 6.07) is 4.85. The number of thiophene rings is 1. The first-order valence-electron chi connectivity index (χ1n) is 10.6. The minimum atomic E-state index is -6.11. The summed E-state index contributed by atoms with van der Waals surface area (Å²) in [6.07, 6.45) is -11.4. The molecular formula is C21H21F6N3O5S3. The van der Waals surface area contributed by atoms with Gasteiger partial charge in [-0.25, -0.2) is 21.6 Å². The maximum atomic E-state index is 13.4. The van der Waals surface area contributed by atoms with Crippen LogP contribution in [-0.4, -0.2) is 77.6 Å². The summed E-state index contributed by atoms with van der Waals surface area (Å²) in [5.74, 6) is 4.70. The molecular weight excluding hydrogens is 584 g/mol. The summed E-state index contributed by atoms with van der Waals surface area (Å²) in [5, 5.41) is 11.4. The Morgan fingerprint density at radius 2 is 1.61 bits per heavy atom. The van der Waals surface area contributed by atoms with Gasteiger partial charge in [-0.15, -0.1) is 11.3 Å². The SMILES string of the molecule is CS(=O)(=O)NCC#Cc1cc(C(O)(C(F)(F)F)C(F)(F)F)ccc1N1CCN(S(=O)(=O)c2cccs2)CC1. The predicted octanol–water partition coefficient (Wildman–Crippen LogP) is 2.47. The molecule has 1 aromatic carbocycles. The highest BCUT2D eigenvalue weighted by Gasteiger charge is 2.71. The minimum absolute atomic E-state index is 0.0282. The summed E-state index contributed by atoms with van der Waals surface area (Å²) in [4.78, 5) is 1.53. The third kappa shape index (κ3) is 6.26. The molecule has 2 heterocycles. The van der Waals surface area contributed by atoms with Crippen LogP contribution in [0.3, 0.4) is 0 Å². The summed E-state index contributed by atoms with van der Waals surface area (Å²) in [7, 11) is -7.46. The largest absolute Gasteiger partial charge is 0.430 e. The number of sulfonamides is 2. The van der Waals surface area contributed by atoms with E-state index in [1.807, 2.05) is 4.72 Å². The van der Waals surface area contributed by atoms with E-state index in [9.17, 15) is 48.3 Å². The standard InChI is InChI=1S/C21H21F6N3O5S3/c1-37(32,33)28-8-2-4-15-14-16(19(31,20(22,23)24)21(25,26)27)6-7-17(15)29-9-11-30(12-10-29)38(34,35)18-5-3-13-36-18/h3,5-7,13-14,28,31H,8-12H2,1H3. The first kappa shape index (κ1) is 30.2. The van der Waals surface area contributed by atoms with Crippen LogP contribution >= 0.6 is 11.3 Å². The van der Waals surface area contributed by atoms with Crippen molar-refractivity contribution < 1.29 is 48.3 Å². The fourth-order valence-electron chi connectivity index (χ4n) is 3.64. The lowest BCUT2D eigenvalue weighted by atomic mass is 9.90. The van der Waals surface area contributed by atoms with E-state index in [0.29, 0.717) is 12.1 Å². The molecule has 1 saturated heterocycles. The Morgan fingerprint density at radius 1 is 1.00 bits per heavy atom. The van der Waals surface area contributed by atoms with E-state index in [1.54, 1.807) is 11.4 Å². The van der Waals surface area contributed by atoms with E-state index in [0.717, 1.165) is 23.7 Å². The molecule has 0 radical (unpaired) electrons. The molecule has 17 heteroatoms. The average molecular weight is 606 g/mol. The average Bonchev–Trinajstić information content (AvgIpc) is 3.35. The van der Waals surface area contributed by atoms with Crippen LogP contribution in [0.15, 0.2) is 39.9 Å². The molecule has 2 aromatic rings. The van der Waals surface area contributed by atoms with E-state index < -0.39 is 50.1 Å². The van der Waals surface area contributed by atoms with Gasteiger partial charge in [0.25, 0.3) is 15.6 Å². The van der Waals surface area contributed by atoms with E-state index >= 15 is 0 Å². The number of nitrogens with one attached hydrogen (secondary N) is 1. The van der Waals surface area contributed by atoms with Crippen molar-refractivity contribution in [3.8, 4) is 11.8 Å². The van der Waals surface area contributed by atoms with Gasteiger partial charge in [0.1, 0.15) is 4.21 Å². The molecule has 0 spiro atoms. The first-order chi connectivity index (χ1) is 17.4. The maximum Gasteiger partial charge on any atom is 0.430 e. The molecule has 1 aliphatic heterocycles. The van der Waals surface area contributed by atoms with E-state index in [2.05, 4.69) is 11.8 Å². The van der Waals surface area contributed by atoms with Gasteiger partial charge in [0, 0.05) is 37.3 Å². The Bertz CT molecular complexity index is 1410. The van der Waals surface area contributed by atoms with Crippen molar-refractivity contribution in [1.29, 1.82) is 0 Å². The second-order valence-electron chi connectivity index (χ2n) is 8.16. The van der Waals surface area contributed by atoms with Crippen LogP contribution in [-0.2, 0) is 25.6 Å². The van der Waals surface area contributed by atoms with Crippen LogP contribution in [0.2, 0.25) is 0 Å². The van der Waals surface area contributed by atoms with E-state index in [4.69, 9.17) is 0 Å². The highest BCUT2D eigenvalue weighted by molar-refractivity contribution is 7.91. The molecule has 3 rings (SSSR count). The predicted molar refractivity (Wildman–Crippen MR) is 127 cm³/mol. The smallest absolute Gasteiger partial charge is 0.369 e. The van der Waals surface area contributed by atoms with Crippen molar-refractivity contribution in [1.82, 2.24) is 9.03 Å². The second kappa shape index (κ2) is 10.7. The number of aliphatic hydroxyl groups is 1. The van der Waals surface area contributed by atoms with Crippen molar-refractivity contribution in [2.75, 3.05) is 43.9 Å². The highest BCUT2D eigenvalue weighted by Crippen LogP contribution is 2.50. The van der Waals surface area contributed by atoms with Crippen molar-refractivity contribution in [3.63, 3.8) is 0 Å². The minimum Gasteiger partial charge on any atom is -0.369 e. The zero-order valence-electron chi connectivity index (χ0n) is 19.5. The molecule has 38 heavy (non-hydrogen) atoms. The highest BCUT2D eigenvalue weighted by atomic mass is 32.2. The van der Waals surface area contributed by atoms with Crippen molar-refractivity contribution in [2.45, 2.75) is 22.2 Å². The number of hydrogen-bond acceptors (Lipinski definition) is 7. The summed E-state index contributed by atoms with van der Waals surface area (Å²) >= 11 is 1.03. The van der Waals surface area contributed by atoms with E-state index in [-0.39, 0.29) is 41.6 Å². The van der Waals surface area contributed by atoms with Crippen LogP contribution in [0, 0.1) is 11.8 Å². The number of anilines is 1. The lowest BCUT2D eigenvalue weighted by Crippen LogP contribution is -2.54. The van der Waals surface area contributed by atoms with Crippen LogP contribution in [0.25, 0.3) is 0 Å². The zero-order valence-corrected chi connectivity index (χ0v) is 21.9. The van der Waals surface area contributed by atoms with Crippen LogP contribution in [0.5, 0.6) is 0 Å². The second-order valence-corrected chi connectivity index (χ2v) is 13.1. The monoisotopic (exact) mass is 605 g/mol. The molecule has 2 N–H and O–H groups in total. The molecule has 0 bridgehead atoms. The third-order valence-electron chi connectivity index (χ3n) is 5.55. The van der Waals surface area contributed by atoms with Gasteiger partial charge in [0.15, 0.2) is 0 Å². The Morgan fingerprint density at radius 3 is 2.11 bits per heavy atom. The zero-order chi connectivity index (χ0) is 28.6. The summed E-state index contributed by atoms with van der Waals surface area (Å²) < 4.78 is 132. The van der Waals surface area contributed by atoms with Gasteiger partial charge in [-0.1, -0.05) is 24.0 Å². The van der Waals surface area contributed by atoms with Crippen molar-refractivity contribution in [3.05, 3.63) is 46.8 Å². The van der Waals surface area contributed by atoms with Crippen LogP contribution in [0.4, 0.5) is 32.0 Å². The number of piperazine rings is 1. The molecule has 1 aromatic heterocycles. The fourth-order valence-corrected chi connectivity index (χ4v) is 6.54. The number of rotatable bonds is 6. The van der Waals surface area contributed by atoms with Crippen LogP contribution < -0.4 is 9.62 Å². The van der Waals surface area contributed by atoms with Crippen molar-refractivity contribution >= 4 is 37.1 Å². The van der Waals surface area contributed by atoms with E-state index in [1.165, 1.54) is 15.3 Å². The maximum absolute atomic E-state index is 13.4. The number of alkyl halides is 6. The van der Waals surface area contributed by atoms with Crippen molar-refractivity contribution in [2.24, 2.45) is 0 Å². The Balaban J connectivity index is 1.98. The van der Waals surface area contributed by atoms with Gasteiger partial charge in [-0.2, -0.15) is 30.6 Å². The lowest BCUT2D eigenvalue weighted by molar-refractivity contribution is -0.376. The molecule has 210 valence electrons. The number of halogens is 6. The molecule has 0 saturated carbocycles. The lowest BCUT2D eigenvalue weighted by Gasteiger charge is -2.36.